The van der Waals surface area contributed by atoms with Gasteiger partial charge >= 0.3 is 6.18 Å². The molecular formula is C16H16F3N3O2. The first-order valence-corrected chi connectivity index (χ1v) is 6.97. The number of hydrogen-bond donors (Lipinski definition) is 3. The van der Waals surface area contributed by atoms with Crippen molar-refractivity contribution in [2.75, 3.05) is 6.61 Å². The summed E-state index contributed by atoms with van der Waals surface area (Å²) in [5, 5.41) is 12.4. The Morgan fingerprint density at radius 3 is 2.50 bits per heavy atom. The first kappa shape index (κ1) is 17.5. The van der Waals surface area contributed by atoms with Crippen molar-refractivity contribution in [1.29, 1.82) is 0 Å². The van der Waals surface area contributed by atoms with E-state index in [1.807, 2.05) is 0 Å². The maximum atomic E-state index is 12.2. The van der Waals surface area contributed by atoms with Gasteiger partial charge < -0.3 is 21.4 Å². The minimum absolute atomic E-state index is 0.0826. The second kappa shape index (κ2) is 7.12. The second-order valence-electron chi connectivity index (χ2n) is 4.95. The number of alkyl halides is 3. The zero-order valence-electron chi connectivity index (χ0n) is 12.5. The van der Waals surface area contributed by atoms with Crippen molar-refractivity contribution in [3.05, 3.63) is 59.2 Å². The smallest absolute Gasteiger partial charge is 0.416 e. The Bertz CT molecular complexity index is 746. The second-order valence-corrected chi connectivity index (χ2v) is 4.95. The maximum absolute atomic E-state index is 12.2. The van der Waals surface area contributed by atoms with E-state index in [0.717, 1.165) is 12.1 Å². The van der Waals surface area contributed by atoms with Gasteiger partial charge in [-0.3, -0.25) is 0 Å². The van der Waals surface area contributed by atoms with Crippen molar-refractivity contribution in [3.8, 4) is 11.5 Å². The molecule has 1 aliphatic heterocycles. The highest BCUT2D eigenvalue weighted by Gasteiger charge is 2.31. The van der Waals surface area contributed by atoms with Gasteiger partial charge in [0, 0.05) is 6.42 Å². The molecule has 0 fully saturated rings. The molecule has 3 rings (SSSR count). The topological polar surface area (TPSA) is 93.9 Å². The third kappa shape index (κ3) is 4.09. The molecule has 128 valence electrons. The van der Waals surface area contributed by atoms with Crippen LogP contribution in [0.5, 0.6) is 11.5 Å². The van der Waals surface area contributed by atoms with Crippen molar-refractivity contribution in [2.24, 2.45) is 16.7 Å². The molecule has 0 aliphatic carbocycles. The molecule has 1 aliphatic rings. The first-order chi connectivity index (χ1) is 11.3. The third-order valence-corrected chi connectivity index (χ3v) is 3.34. The fourth-order valence-electron chi connectivity index (χ4n) is 2.12. The quantitative estimate of drug-likeness (QED) is 0.322. The van der Waals surface area contributed by atoms with Crippen LogP contribution in [0, 0.1) is 0 Å². The molecule has 0 atom stereocenters. The van der Waals surface area contributed by atoms with E-state index in [1.165, 1.54) is 12.1 Å². The number of fused-ring (bicyclic) bond motifs is 1. The molecule has 1 heterocycles. The highest BCUT2D eigenvalue weighted by molar-refractivity contribution is 5.99. The Kier molecular flexibility index (Phi) is 5.18. The van der Waals surface area contributed by atoms with Crippen LogP contribution < -0.4 is 16.3 Å². The Morgan fingerprint density at radius 2 is 1.88 bits per heavy atom. The van der Waals surface area contributed by atoms with Crippen LogP contribution in [0.4, 0.5) is 13.2 Å². The van der Waals surface area contributed by atoms with Crippen LogP contribution in [-0.2, 0) is 12.6 Å². The van der Waals surface area contributed by atoms with Gasteiger partial charge in [0.2, 0.25) is 0 Å². The Labute approximate surface area is 136 Å². The fourth-order valence-corrected chi connectivity index (χ4v) is 2.12. The van der Waals surface area contributed by atoms with Gasteiger partial charge in [0.25, 0.3) is 0 Å². The van der Waals surface area contributed by atoms with Gasteiger partial charge in [-0.25, -0.2) is 0 Å². The molecule has 0 radical (unpaired) electrons. The molecule has 0 saturated carbocycles. The van der Waals surface area contributed by atoms with E-state index in [-0.39, 0.29) is 11.6 Å². The lowest BCUT2D eigenvalue weighted by molar-refractivity contribution is -0.137. The summed E-state index contributed by atoms with van der Waals surface area (Å²) < 4.78 is 41.7. The summed E-state index contributed by atoms with van der Waals surface area (Å²) in [6.07, 6.45) is -3.68. The number of para-hydroxylation sites is 1. The molecule has 0 spiro atoms. The largest absolute Gasteiger partial charge is 0.507 e. The summed E-state index contributed by atoms with van der Waals surface area (Å²) >= 11 is 0. The Morgan fingerprint density at radius 1 is 1.17 bits per heavy atom. The summed E-state index contributed by atoms with van der Waals surface area (Å²) in [6.45, 7) is 0.483. The molecule has 0 saturated heterocycles. The summed E-state index contributed by atoms with van der Waals surface area (Å²) in [5.41, 5.74) is 5.86. The SMILES string of the molecule is FC(F)(F)c1ccc2c(c1)CCO2.N/N=C(\N)c1ccccc1O. The van der Waals surface area contributed by atoms with Crippen molar-refractivity contribution >= 4 is 5.84 Å². The van der Waals surface area contributed by atoms with Gasteiger partial charge in [-0.1, -0.05) is 12.1 Å². The molecule has 5 N–H and O–H groups in total. The van der Waals surface area contributed by atoms with E-state index in [2.05, 4.69) is 5.10 Å². The predicted octanol–water partition coefficient (Wildman–Crippen LogP) is 2.61. The number of rotatable bonds is 1. The highest BCUT2D eigenvalue weighted by Crippen LogP contribution is 2.34. The minimum Gasteiger partial charge on any atom is -0.507 e. The number of nitrogens with zero attached hydrogens (tertiary/aromatic N) is 1. The van der Waals surface area contributed by atoms with E-state index < -0.39 is 11.7 Å². The Hall–Kier alpha value is -2.90. The number of hydrazone groups is 1. The van der Waals surface area contributed by atoms with Gasteiger partial charge in [-0.2, -0.15) is 18.3 Å². The highest BCUT2D eigenvalue weighted by atomic mass is 19.4. The number of amidine groups is 1. The molecule has 8 heteroatoms. The van der Waals surface area contributed by atoms with Crippen LogP contribution in [0.1, 0.15) is 16.7 Å². The standard InChI is InChI=1S/C9H7F3O.C7H9N3O/c10-9(11,12)7-1-2-8-6(5-7)3-4-13-8;8-7(10-9)5-3-1-2-4-6(5)11/h1-2,5H,3-4H2;1-4,11H,9H2,(H2,8,10). The lowest BCUT2D eigenvalue weighted by atomic mass is 10.1. The van der Waals surface area contributed by atoms with Gasteiger partial charge in [0.15, 0.2) is 5.84 Å². The normalized spacial score (nSPS) is 13.5. The van der Waals surface area contributed by atoms with Crippen LogP contribution in [0.3, 0.4) is 0 Å². The molecular weight excluding hydrogens is 323 g/mol. The monoisotopic (exact) mass is 339 g/mol. The number of halogens is 3. The van der Waals surface area contributed by atoms with Gasteiger partial charge in [0.1, 0.15) is 11.5 Å². The number of phenols is 1. The maximum Gasteiger partial charge on any atom is 0.416 e. The molecule has 0 unspecified atom stereocenters. The lowest BCUT2D eigenvalue weighted by Crippen LogP contribution is -2.15. The molecule has 0 aromatic heterocycles. The van der Waals surface area contributed by atoms with E-state index in [1.54, 1.807) is 18.2 Å². The summed E-state index contributed by atoms with van der Waals surface area (Å²) in [6, 6.07) is 10.2. The summed E-state index contributed by atoms with van der Waals surface area (Å²) in [7, 11) is 0. The van der Waals surface area contributed by atoms with Crippen molar-refractivity contribution in [1.82, 2.24) is 0 Å². The van der Waals surface area contributed by atoms with Gasteiger partial charge in [-0.05, 0) is 35.9 Å². The summed E-state index contributed by atoms with van der Waals surface area (Å²) in [5.74, 6) is 5.71. The number of nitrogens with two attached hydrogens (primary N) is 2. The fraction of sp³-hybridized carbons (Fsp3) is 0.188. The minimum atomic E-state index is -4.25. The average Bonchev–Trinajstić information content (AvgIpc) is 3.02. The zero-order valence-corrected chi connectivity index (χ0v) is 12.5. The molecule has 0 amide bonds. The van der Waals surface area contributed by atoms with Crippen LogP contribution in [0.15, 0.2) is 47.6 Å². The van der Waals surface area contributed by atoms with Crippen molar-refractivity contribution < 1.29 is 23.0 Å². The van der Waals surface area contributed by atoms with Crippen molar-refractivity contribution in [3.63, 3.8) is 0 Å². The lowest BCUT2D eigenvalue weighted by Gasteiger charge is -2.07. The van der Waals surface area contributed by atoms with E-state index in [0.29, 0.717) is 29.9 Å². The van der Waals surface area contributed by atoms with Crippen LogP contribution in [0.25, 0.3) is 0 Å². The number of ether oxygens (including phenoxy) is 1. The third-order valence-electron chi connectivity index (χ3n) is 3.34. The number of hydrogen-bond acceptors (Lipinski definition) is 4. The average molecular weight is 339 g/mol. The predicted molar refractivity (Wildman–Crippen MR) is 83.7 cm³/mol. The number of phenolic OH excluding ortho intramolecular Hbond substituents is 1. The zero-order chi connectivity index (χ0) is 17.7. The van der Waals surface area contributed by atoms with E-state index in [4.69, 9.17) is 16.3 Å². The van der Waals surface area contributed by atoms with Gasteiger partial charge in [-0.15, -0.1) is 0 Å². The Balaban J connectivity index is 0.000000177. The molecule has 2 aromatic carbocycles. The van der Waals surface area contributed by atoms with Gasteiger partial charge in [0.05, 0.1) is 17.7 Å². The van der Waals surface area contributed by atoms with E-state index in [9.17, 15) is 18.3 Å². The van der Waals surface area contributed by atoms with Crippen LogP contribution in [0.2, 0.25) is 0 Å². The molecule has 24 heavy (non-hydrogen) atoms. The number of benzene rings is 2. The van der Waals surface area contributed by atoms with Crippen LogP contribution >= 0.6 is 0 Å². The van der Waals surface area contributed by atoms with Crippen molar-refractivity contribution in [2.45, 2.75) is 12.6 Å². The molecule has 0 bridgehead atoms. The van der Waals surface area contributed by atoms with E-state index >= 15 is 0 Å². The van der Waals surface area contributed by atoms with Crippen LogP contribution in [-0.4, -0.2) is 17.5 Å². The summed E-state index contributed by atoms with van der Waals surface area (Å²) in [4.78, 5) is 0. The number of aromatic hydroxyl groups is 1. The molecule has 5 nitrogen and oxygen atoms in total. The molecule has 2 aromatic rings. The first-order valence-electron chi connectivity index (χ1n) is 6.97.